The van der Waals surface area contributed by atoms with Crippen molar-refractivity contribution >= 4 is 36.0 Å². The molecule has 0 saturated carbocycles. The van der Waals surface area contributed by atoms with Gasteiger partial charge in [0.05, 0.1) is 24.4 Å². The SMILES string of the molecule is CC(C)(C)[Si](OCCN1CCc2cc(N=C(c3ccccc3)c3ccccc3)ccc2CC1=O)(c1ccccc1)c1ccccc1. The van der Waals surface area contributed by atoms with Gasteiger partial charge in [0.25, 0.3) is 8.32 Å². The molecule has 46 heavy (non-hydrogen) atoms. The van der Waals surface area contributed by atoms with Crippen LogP contribution in [0.5, 0.6) is 0 Å². The maximum atomic E-state index is 13.6. The Morgan fingerprint density at radius 3 is 1.76 bits per heavy atom. The monoisotopic (exact) mass is 622 g/mol. The average Bonchev–Trinajstić information content (AvgIpc) is 3.24. The maximum Gasteiger partial charge on any atom is 0.261 e. The molecule has 5 aromatic rings. The van der Waals surface area contributed by atoms with E-state index in [0.29, 0.717) is 26.1 Å². The molecule has 1 aliphatic heterocycles. The molecule has 6 rings (SSSR count). The molecule has 0 unspecified atom stereocenters. The van der Waals surface area contributed by atoms with Crippen molar-refractivity contribution < 1.29 is 9.22 Å². The summed E-state index contributed by atoms with van der Waals surface area (Å²) in [6.45, 7) is 8.57. The molecule has 0 saturated heterocycles. The molecule has 0 N–H and O–H groups in total. The number of hydrogen-bond donors (Lipinski definition) is 0. The predicted octanol–water partition coefficient (Wildman–Crippen LogP) is 7.36. The Bertz CT molecular complexity index is 1700. The number of carbonyl (C=O) groups is 1. The number of amides is 1. The molecule has 1 heterocycles. The second-order valence-corrected chi connectivity index (χ2v) is 17.3. The van der Waals surface area contributed by atoms with Crippen molar-refractivity contribution in [2.75, 3.05) is 19.7 Å². The van der Waals surface area contributed by atoms with Crippen molar-refractivity contribution in [1.82, 2.24) is 4.90 Å². The van der Waals surface area contributed by atoms with Gasteiger partial charge in [-0.15, -0.1) is 0 Å². The van der Waals surface area contributed by atoms with Crippen LogP contribution in [0.1, 0.15) is 43.0 Å². The smallest absolute Gasteiger partial charge is 0.261 e. The van der Waals surface area contributed by atoms with E-state index >= 15 is 0 Å². The van der Waals surface area contributed by atoms with Crippen molar-refractivity contribution in [1.29, 1.82) is 0 Å². The van der Waals surface area contributed by atoms with Gasteiger partial charge in [0.15, 0.2) is 0 Å². The highest BCUT2D eigenvalue weighted by molar-refractivity contribution is 6.99. The molecular weight excluding hydrogens is 581 g/mol. The number of nitrogens with zero attached hydrogens (tertiary/aromatic N) is 2. The van der Waals surface area contributed by atoms with E-state index in [1.807, 2.05) is 47.4 Å². The normalized spacial score (nSPS) is 13.5. The number of carbonyl (C=O) groups excluding carboxylic acids is 1. The fourth-order valence-corrected chi connectivity index (χ4v) is 11.2. The maximum absolute atomic E-state index is 13.6. The summed E-state index contributed by atoms with van der Waals surface area (Å²) in [5.41, 5.74) is 6.26. The molecule has 1 amide bonds. The molecule has 1 aliphatic rings. The molecule has 4 nitrogen and oxygen atoms in total. The van der Waals surface area contributed by atoms with Gasteiger partial charge in [-0.05, 0) is 45.1 Å². The zero-order chi connectivity index (χ0) is 32.0. The van der Waals surface area contributed by atoms with Crippen LogP contribution in [0.4, 0.5) is 5.69 Å². The Hall–Kier alpha value is -4.58. The zero-order valence-corrected chi connectivity index (χ0v) is 28.0. The van der Waals surface area contributed by atoms with Crippen molar-refractivity contribution in [2.45, 2.75) is 38.7 Å². The van der Waals surface area contributed by atoms with E-state index in [4.69, 9.17) is 9.42 Å². The topological polar surface area (TPSA) is 41.9 Å². The highest BCUT2D eigenvalue weighted by atomic mass is 28.4. The zero-order valence-electron chi connectivity index (χ0n) is 27.0. The third-order valence-corrected chi connectivity index (χ3v) is 14.0. The largest absolute Gasteiger partial charge is 0.406 e. The van der Waals surface area contributed by atoms with Crippen LogP contribution in [0.2, 0.25) is 5.04 Å². The van der Waals surface area contributed by atoms with Crippen LogP contribution in [-0.2, 0) is 22.1 Å². The number of fused-ring (bicyclic) bond motifs is 1. The summed E-state index contributed by atoms with van der Waals surface area (Å²) < 4.78 is 7.11. The van der Waals surface area contributed by atoms with Gasteiger partial charge in [-0.3, -0.25) is 4.79 Å². The van der Waals surface area contributed by atoms with Gasteiger partial charge in [0.1, 0.15) is 0 Å². The minimum Gasteiger partial charge on any atom is -0.406 e. The molecule has 0 spiro atoms. The van der Waals surface area contributed by atoms with Crippen LogP contribution in [0.3, 0.4) is 0 Å². The Morgan fingerprint density at radius 1 is 0.717 bits per heavy atom. The first-order valence-corrected chi connectivity index (χ1v) is 18.1. The fourth-order valence-electron chi connectivity index (χ4n) is 6.67. The van der Waals surface area contributed by atoms with Crippen LogP contribution in [0, 0.1) is 0 Å². The standard InChI is InChI=1S/C41H42N2O2Si/c1-41(2,3)46(37-20-12-6-13-21-37,38-22-14-7-15-23-38)45-29-28-43-27-26-35-30-36(25-24-34(35)31-39(43)44)42-40(32-16-8-4-9-17-32)33-18-10-5-11-19-33/h4-25,30H,26-29,31H2,1-3H3. The minimum atomic E-state index is -2.66. The summed E-state index contributed by atoms with van der Waals surface area (Å²) in [6.07, 6.45) is 1.18. The average molecular weight is 623 g/mol. The van der Waals surface area contributed by atoms with E-state index in [-0.39, 0.29) is 10.9 Å². The Labute approximate surface area is 274 Å². The van der Waals surface area contributed by atoms with Gasteiger partial charge in [-0.25, -0.2) is 4.99 Å². The lowest BCUT2D eigenvalue weighted by atomic mass is 10.0. The molecule has 0 aliphatic carbocycles. The molecule has 5 aromatic carbocycles. The van der Waals surface area contributed by atoms with Crippen molar-refractivity contribution in [2.24, 2.45) is 4.99 Å². The van der Waals surface area contributed by atoms with Crippen molar-refractivity contribution in [3.05, 3.63) is 162 Å². The van der Waals surface area contributed by atoms with Crippen LogP contribution in [0.25, 0.3) is 0 Å². The summed E-state index contributed by atoms with van der Waals surface area (Å²) in [5, 5.41) is 2.40. The van der Waals surface area contributed by atoms with E-state index < -0.39 is 8.32 Å². The van der Waals surface area contributed by atoms with E-state index in [2.05, 4.69) is 118 Å². The summed E-state index contributed by atoms with van der Waals surface area (Å²) in [6, 6.07) is 48.3. The first kappa shape index (κ1) is 31.4. The summed E-state index contributed by atoms with van der Waals surface area (Å²) >= 11 is 0. The van der Waals surface area contributed by atoms with Gasteiger partial charge >= 0.3 is 0 Å². The number of benzene rings is 5. The van der Waals surface area contributed by atoms with Crippen LogP contribution in [-0.4, -0.2) is 44.5 Å². The number of hydrogen-bond acceptors (Lipinski definition) is 3. The van der Waals surface area contributed by atoms with Gasteiger partial charge in [-0.1, -0.05) is 148 Å². The Kier molecular flexibility index (Phi) is 9.43. The number of aliphatic imine (C=N–C) groups is 1. The summed E-state index contributed by atoms with van der Waals surface area (Å²) in [4.78, 5) is 20.7. The van der Waals surface area contributed by atoms with Crippen LogP contribution < -0.4 is 10.4 Å². The fraction of sp³-hybridized carbons (Fsp3) is 0.220. The Morgan fingerprint density at radius 2 is 1.24 bits per heavy atom. The lowest BCUT2D eigenvalue weighted by molar-refractivity contribution is -0.130. The van der Waals surface area contributed by atoms with Gasteiger partial charge in [0, 0.05) is 24.2 Å². The summed E-state index contributed by atoms with van der Waals surface area (Å²) in [5.74, 6) is 0.148. The predicted molar refractivity (Wildman–Crippen MR) is 192 cm³/mol. The van der Waals surface area contributed by atoms with Gasteiger partial charge in [0.2, 0.25) is 5.91 Å². The van der Waals surface area contributed by atoms with E-state index in [1.165, 1.54) is 15.9 Å². The first-order chi connectivity index (χ1) is 22.3. The second kappa shape index (κ2) is 13.8. The second-order valence-electron chi connectivity index (χ2n) is 13.0. The number of rotatable bonds is 9. The van der Waals surface area contributed by atoms with Gasteiger partial charge < -0.3 is 9.33 Å². The lowest BCUT2D eigenvalue weighted by Crippen LogP contribution is -2.67. The molecule has 0 aromatic heterocycles. The van der Waals surface area contributed by atoms with Crippen molar-refractivity contribution in [3.63, 3.8) is 0 Å². The third-order valence-electron chi connectivity index (χ3n) is 8.97. The quantitative estimate of drug-likeness (QED) is 0.127. The molecule has 0 bridgehead atoms. The highest BCUT2D eigenvalue weighted by Crippen LogP contribution is 2.36. The van der Waals surface area contributed by atoms with E-state index in [0.717, 1.165) is 34.5 Å². The first-order valence-electron chi connectivity index (χ1n) is 16.2. The summed E-state index contributed by atoms with van der Waals surface area (Å²) in [7, 11) is -2.66. The molecule has 5 heteroatoms. The van der Waals surface area contributed by atoms with E-state index in [9.17, 15) is 4.79 Å². The molecule has 0 radical (unpaired) electrons. The molecule has 0 atom stereocenters. The van der Waals surface area contributed by atoms with Crippen LogP contribution in [0.15, 0.2) is 145 Å². The molecule has 0 fully saturated rings. The minimum absolute atomic E-state index is 0.107. The van der Waals surface area contributed by atoms with E-state index in [1.54, 1.807) is 0 Å². The van der Waals surface area contributed by atoms with Crippen LogP contribution >= 0.6 is 0 Å². The third kappa shape index (κ3) is 6.67. The molecule has 232 valence electrons. The van der Waals surface area contributed by atoms with Gasteiger partial charge in [-0.2, -0.15) is 0 Å². The van der Waals surface area contributed by atoms with Crippen molar-refractivity contribution in [3.8, 4) is 0 Å². The highest BCUT2D eigenvalue weighted by Gasteiger charge is 2.50. The molecular formula is C41H42N2O2Si. The lowest BCUT2D eigenvalue weighted by Gasteiger charge is -2.43. The Balaban J connectivity index is 1.22.